The Hall–Kier alpha value is -1.38. The van der Waals surface area contributed by atoms with Crippen LogP contribution in [0.5, 0.6) is 0 Å². The average molecular weight is 224 g/mol. The zero-order valence-corrected chi connectivity index (χ0v) is 9.92. The molecule has 1 rings (SSSR count). The number of carbonyl (C=O) groups excluding carboxylic acids is 1. The zero-order valence-electron chi connectivity index (χ0n) is 9.92. The molecule has 0 bridgehead atoms. The summed E-state index contributed by atoms with van der Waals surface area (Å²) in [5.74, 6) is -1.10. The molecule has 1 atom stereocenters. The lowest BCUT2D eigenvalue weighted by molar-refractivity contribution is 0.0318. The molecule has 0 aliphatic rings. The van der Waals surface area contributed by atoms with Crippen molar-refractivity contribution in [1.29, 1.82) is 0 Å². The van der Waals surface area contributed by atoms with Crippen LogP contribution in [0.1, 0.15) is 42.6 Å². The minimum atomic E-state index is -0.585. The number of hydrogen-bond donors (Lipinski definition) is 0. The van der Waals surface area contributed by atoms with Crippen LogP contribution < -0.4 is 0 Å². The molecule has 0 radical (unpaired) electrons. The molecular weight excluding hydrogens is 207 g/mol. The highest BCUT2D eigenvalue weighted by molar-refractivity contribution is 5.89. The molecule has 2 nitrogen and oxygen atoms in total. The summed E-state index contributed by atoms with van der Waals surface area (Å²) in [6, 6.07) is 4.50. The molecule has 0 fully saturated rings. The number of rotatable bonds is 4. The van der Waals surface area contributed by atoms with Crippen molar-refractivity contribution in [3.63, 3.8) is 0 Å². The highest BCUT2D eigenvalue weighted by atomic mass is 19.1. The van der Waals surface area contributed by atoms with E-state index in [1.165, 1.54) is 12.1 Å². The van der Waals surface area contributed by atoms with Crippen LogP contribution in [0.25, 0.3) is 0 Å². The van der Waals surface area contributed by atoms with E-state index in [9.17, 15) is 9.18 Å². The fraction of sp³-hybridized carbons (Fsp3) is 0.462. The lowest BCUT2D eigenvalue weighted by atomic mass is 10.1. The van der Waals surface area contributed by atoms with Crippen LogP contribution in [0.4, 0.5) is 4.39 Å². The number of benzene rings is 1. The van der Waals surface area contributed by atoms with Gasteiger partial charge in [-0.2, -0.15) is 0 Å². The number of ether oxygens (including phenoxy) is 1. The van der Waals surface area contributed by atoms with Crippen LogP contribution >= 0.6 is 0 Å². The fourth-order valence-electron chi connectivity index (χ4n) is 1.50. The summed E-state index contributed by atoms with van der Waals surface area (Å²) in [4.78, 5) is 11.6. The Morgan fingerprint density at radius 2 is 2.19 bits per heavy atom. The van der Waals surface area contributed by atoms with Gasteiger partial charge in [0.1, 0.15) is 5.82 Å². The third-order valence-electron chi connectivity index (χ3n) is 2.35. The van der Waals surface area contributed by atoms with Gasteiger partial charge in [0.2, 0.25) is 0 Å². The van der Waals surface area contributed by atoms with E-state index in [2.05, 4.69) is 0 Å². The number of halogens is 1. The second kappa shape index (κ2) is 5.64. The van der Waals surface area contributed by atoms with Gasteiger partial charge >= 0.3 is 5.97 Å². The lowest BCUT2D eigenvalue weighted by Gasteiger charge is -2.12. The molecule has 0 aliphatic carbocycles. The quantitative estimate of drug-likeness (QED) is 0.732. The van der Waals surface area contributed by atoms with Crippen molar-refractivity contribution >= 4 is 5.97 Å². The summed E-state index contributed by atoms with van der Waals surface area (Å²) in [6.45, 7) is 5.60. The van der Waals surface area contributed by atoms with Gasteiger partial charge in [0.05, 0.1) is 11.7 Å². The van der Waals surface area contributed by atoms with Crippen molar-refractivity contribution in [2.24, 2.45) is 0 Å². The maximum atomic E-state index is 13.4. The van der Waals surface area contributed by atoms with Gasteiger partial charge in [-0.25, -0.2) is 9.18 Å². The summed E-state index contributed by atoms with van der Waals surface area (Å²) < 4.78 is 18.6. The first-order valence-electron chi connectivity index (χ1n) is 5.51. The van der Waals surface area contributed by atoms with Crippen molar-refractivity contribution in [1.82, 2.24) is 0 Å². The summed E-state index contributed by atoms with van der Waals surface area (Å²) >= 11 is 0. The minimum absolute atomic E-state index is 0.00792. The second-order valence-corrected chi connectivity index (χ2v) is 3.99. The maximum absolute atomic E-state index is 13.4. The molecule has 0 spiro atoms. The standard InChI is InChI=1S/C13H17FO2/c1-4-5-10(3)16-13(15)11-7-6-9(2)8-12(11)14/h6-8,10H,4-5H2,1-3H3. The van der Waals surface area contributed by atoms with Crippen molar-refractivity contribution < 1.29 is 13.9 Å². The van der Waals surface area contributed by atoms with Crippen LogP contribution in [0.3, 0.4) is 0 Å². The average Bonchev–Trinajstić information content (AvgIpc) is 2.17. The van der Waals surface area contributed by atoms with E-state index in [4.69, 9.17) is 4.74 Å². The molecular formula is C13H17FO2. The molecule has 0 N–H and O–H groups in total. The van der Waals surface area contributed by atoms with Crippen molar-refractivity contribution in [2.75, 3.05) is 0 Å². The third kappa shape index (κ3) is 3.33. The van der Waals surface area contributed by atoms with Crippen LogP contribution in [0.2, 0.25) is 0 Å². The Morgan fingerprint density at radius 3 is 2.75 bits per heavy atom. The smallest absolute Gasteiger partial charge is 0.341 e. The summed E-state index contributed by atoms with van der Waals surface area (Å²) in [7, 11) is 0. The highest BCUT2D eigenvalue weighted by Crippen LogP contribution is 2.13. The van der Waals surface area contributed by atoms with Gasteiger partial charge in [0.25, 0.3) is 0 Å². The molecule has 0 saturated heterocycles. The molecule has 88 valence electrons. The third-order valence-corrected chi connectivity index (χ3v) is 2.35. The van der Waals surface area contributed by atoms with Gasteiger partial charge in [-0.05, 0) is 38.0 Å². The second-order valence-electron chi connectivity index (χ2n) is 3.99. The van der Waals surface area contributed by atoms with Crippen molar-refractivity contribution in [3.05, 3.63) is 35.1 Å². The minimum Gasteiger partial charge on any atom is -0.459 e. The lowest BCUT2D eigenvalue weighted by Crippen LogP contribution is -2.15. The molecule has 0 saturated carbocycles. The first-order valence-corrected chi connectivity index (χ1v) is 5.51. The number of hydrogen-bond acceptors (Lipinski definition) is 2. The number of esters is 1. The van der Waals surface area contributed by atoms with Crippen molar-refractivity contribution in [2.45, 2.75) is 39.7 Å². The predicted molar refractivity (Wildman–Crippen MR) is 60.9 cm³/mol. The van der Waals surface area contributed by atoms with E-state index in [0.29, 0.717) is 0 Å². The van der Waals surface area contributed by atoms with Crippen LogP contribution in [0, 0.1) is 12.7 Å². The zero-order chi connectivity index (χ0) is 12.1. The predicted octanol–water partition coefficient (Wildman–Crippen LogP) is 3.48. The van der Waals surface area contributed by atoms with E-state index in [1.54, 1.807) is 13.0 Å². The van der Waals surface area contributed by atoms with Gasteiger partial charge in [-0.1, -0.05) is 19.4 Å². The molecule has 1 aromatic carbocycles. The molecule has 0 heterocycles. The Kier molecular flexibility index (Phi) is 4.47. The van der Waals surface area contributed by atoms with E-state index >= 15 is 0 Å². The Labute approximate surface area is 95.4 Å². The largest absolute Gasteiger partial charge is 0.459 e. The molecule has 16 heavy (non-hydrogen) atoms. The molecule has 1 aromatic rings. The van der Waals surface area contributed by atoms with Gasteiger partial charge in [0.15, 0.2) is 0 Å². The molecule has 0 amide bonds. The van der Waals surface area contributed by atoms with E-state index in [1.807, 2.05) is 13.8 Å². The monoisotopic (exact) mass is 224 g/mol. The van der Waals surface area contributed by atoms with Gasteiger partial charge < -0.3 is 4.74 Å². The summed E-state index contributed by atoms with van der Waals surface area (Å²) in [5.41, 5.74) is 0.796. The maximum Gasteiger partial charge on any atom is 0.341 e. The Bertz CT molecular complexity index is 374. The van der Waals surface area contributed by atoms with Gasteiger partial charge in [0, 0.05) is 0 Å². The van der Waals surface area contributed by atoms with E-state index in [-0.39, 0.29) is 11.7 Å². The Morgan fingerprint density at radius 1 is 1.50 bits per heavy atom. The SMILES string of the molecule is CCCC(C)OC(=O)c1ccc(C)cc1F. The summed E-state index contributed by atoms with van der Waals surface area (Å²) in [6.07, 6.45) is 1.56. The fourth-order valence-corrected chi connectivity index (χ4v) is 1.50. The van der Waals surface area contributed by atoms with E-state index in [0.717, 1.165) is 18.4 Å². The highest BCUT2D eigenvalue weighted by Gasteiger charge is 2.15. The topological polar surface area (TPSA) is 26.3 Å². The Balaban J connectivity index is 2.73. The molecule has 1 unspecified atom stereocenters. The van der Waals surface area contributed by atoms with Crippen LogP contribution in [0.15, 0.2) is 18.2 Å². The first-order chi connectivity index (χ1) is 7.54. The first kappa shape index (κ1) is 12.7. The summed E-state index contributed by atoms with van der Waals surface area (Å²) in [5, 5.41) is 0. The molecule has 0 aliphatic heterocycles. The normalized spacial score (nSPS) is 12.2. The van der Waals surface area contributed by atoms with Crippen LogP contribution in [-0.4, -0.2) is 12.1 Å². The molecule has 3 heteroatoms. The molecule has 0 aromatic heterocycles. The van der Waals surface area contributed by atoms with E-state index < -0.39 is 11.8 Å². The van der Waals surface area contributed by atoms with Crippen molar-refractivity contribution in [3.8, 4) is 0 Å². The van der Waals surface area contributed by atoms with Crippen LogP contribution in [-0.2, 0) is 4.74 Å². The number of carbonyl (C=O) groups is 1. The van der Waals surface area contributed by atoms with Gasteiger partial charge in [-0.15, -0.1) is 0 Å². The van der Waals surface area contributed by atoms with Gasteiger partial charge in [-0.3, -0.25) is 0 Å². The number of aryl methyl sites for hydroxylation is 1.